The van der Waals surface area contributed by atoms with Crippen LogP contribution in [0.15, 0.2) is 0 Å². The third-order valence-electron chi connectivity index (χ3n) is 4.32. The van der Waals surface area contributed by atoms with Crippen LogP contribution in [0.5, 0.6) is 0 Å². The van der Waals surface area contributed by atoms with Gasteiger partial charge in [0.15, 0.2) is 0 Å². The van der Waals surface area contributed by atoms with Crippen molar-refractivity contribution in [1.82, 2.24) is 0 Å². The summed E-state index contributed by atoms with van der Waals surface area (Å²) in [6.07, 6.45) is -15.4. The molecule has 4 atom stereocenters. The lowest BCUT2D eigenvalue weighted by Crippen LogP contribution is -2.51. The normalized spacial score (nSPS) is 32.6. The number of hydrogen-bond donors (Lipinski definition) is 0. The van der Waals surface area contributed by atoms with Crippen molar-refractivity contribution in [2.45, 2.75) is 44.3 Å². The van der Waals surface area contributed by atoms with Gasteiger partial charge in [0.2, 0.25) is 0 Å². The summed E-state index contributed by atoms with van der Waals surface area (Å²) >= 11 is 0. The molecule has 0 spiro atoms. The molecule has 12 heteroatoms. The van der Waals surface area contributed by atoms with Crippen LogP contribution in [0, 0.1) is 11.3 Å². The van der Waals surface area contributed by atoms with Crippen LogP contribution in [0.25, 0.3) is 0 Å². The number of fused-ring (bicyclic) bond motifs is 1. The fourth-order valence-electron chi connectivity index (χ4n) is 2.90. The molecule has 0 aromatic rings. The van der Waals surface area contributed by atoms with Crippen LogP contribution in [-0.2, 0) is 28.6 Å². The summed E-state index contributed by atoms with van der Waals surface area (Å²) in [5.41, 5.74) is -1.35. The second-order valence-electron chi connectivity index (χ2n) is 6.04. The number of carbonyl (C=O) groups is 3. The van der Waals surface area contributed by atoms with Gasteiger partial charge in [-0.25, -0.2) is 9.59 Å². The van der Waals surface area contributed by atoms with Crippen LogP contribution in [0.2, 0.25) is 0 Å². The van der Waals surface area contributed by atoms with Crippen molar-refractivity contribution in [3.05, 3.63) is 0 Å². The second-order valence-corrected chi connectivity index (χ2v) is 6.04. The van der Waals surface area contributed by atoms with E-state index in [9.17, 15) is 40.7 Å². The maximum atomic E-state index is 12.4. The molecule has 0 radical (unpaired) electrons. The minimum absolute atomic E-state index is 0.185. The Morgan fingerprint density at radius 3 is 2.00 bits per heavy atom. The number of cyclic esters (lactones) is 1. The Morgan fingerprint density at radius 2 is 1.52 bits per heavy atom. The van der Waals surface area contributed by atoms with Crippen LogP contribution in [0.3, 0.4) is 0 Å². The van der Waals surface area contributed by atoms with Crippen molar-refractivity contribution in [2.75, 3.05) is 6.61 Å². The molecule has 2 fully saturated rings. The van der Waals surface area contributed by atoms with Gasteiger partial charge in [-0.2, -0.15) is 26.3 Å². The molecular weight excluding hydrogens is 366 g/mol. The van der Waals surface area contributed by atoms with Gasteiger partial charge >= 0.3 is 30.3 Å². The third-order valence-corrected chi connectivity index (χ3v) is 4.32. The number of carbonyl (C=O) groups excluding carboxylic acids is 3. The monoisotopic (exact) mass is 378 g/mol. The largest absolute Gasteiger partial charge is 0.490 e. The molecule has 2 rings (SSSR count). The molecule has 25 heavy (non-hydrogen) atoms. The average Bonchev–Trinajstić information content (AvgIpc) is 2.72. The molecule has 6 nitrogen and oxygen atoms in total. The molecule has 1 saturated heterocycles. The SMILES string of the molecule is C[C@]12C[C@@H](OC(=O)C(F)(F)F)[C@H](OC(=O)C(F)(F)F)C[C@H]1COC2=O. The molecule has 2 aliphatic rings. The van der Waals surface area contributed by atoms with Crippen molar-refractivity contribution >= 4 is 17.9 Å². The van der Waals surface area contributed by atoms with Gasteiger partial charge in [0.25, 0.3) is 0 Å². The zero-order valence-corrected chi connectivity index (χ0v) is 12.6. The van der Waals surface area contributed by atoms with Gasteiger partial charge in [0.1, 0.15) is 12.2 Å². The molecular formula is C13H12F6O6. The molecule has 0 bridgehead atoms. The summed E-state index contributed by atoms with van der Waals surface area (Å²) in [6.45, 7) is 1.15. The number of halogens is 6. The fraction of sp³-hybridized carbons (Fsp3) is 0.769. The summed E-state index contributed by atoms with van der Waals surface area (Å²) in [5.74, 6) is -6.74. The van der Waals surface area contributed by atoms with Gasteiger partial charge in [-0.05, 0) is 13.3 Å². The van der Waals surface area contributed by atoms with Gasteiger partial charge in [-0.3, -0.25) is 4.79 Å². The molecule has 1 heterocycles. The number of esters is 3. The van der Waals surface area contributed by atoms with Crippen LogP contribution in [-0.4, -0.2) is 49.1 Å². The fourth-order valence-corrected chi connectivity index (χ4v) is 2.90. The Labute approximate surface area is 136 Å². The molecule has 0 N–H and O–H groups in total. The third kappa shape index (κ3) is 3.82. The van der Waals surface area contributed by atoms with E-state index in [0.29, 0.717) is 0 Å². The molecule has 1 aliphatic heterocycles. The van der Waals surface area contributed by atoms with Gasteiger partial charge in [-0.1, -0.05) is 0 Å². The van der Waals surface area contributed by atoms with E-state index in [0.717, 1.165) is 0 Å². The van der Waals surface area contributed by atoms with Crippen molar-refractivity contribution in [1.29, 1.82) is 0 Å². The second kappa shape index (κ2) is 6.06. The maximum Gasteiger partial charge on any atom is 0.490 e. The summed E-state index contributed by atoms with van der Waals surface area (Å²) < 4.78 is 87.3. The molecule has 0 aromatic heterocycles. The zero-order chi connectivity index (χ0) is 19.2. The van der Waals surface area contributed by atoms with E-state index in [2.05, 4.69) is 9.47 Å². The van der Waals surface area contributed by atoms with E-state index >= 15 is 0 Å². The van der Waals surface area contributed by atoms with Crippen molar-refractivity contribution in [2.24, 2.45) is 11.3 Å². The van der Waals surface area contributed by atoms with E-state index < -0.39 is 66.6 Å². The van der Waals surface area contributed by atoms with Crippen molar-refractivity contribution in [3.63, 3.8) is 0 Å². The Bertz CT molecular complexity index is 585. The first-order chi connectivity index (χ1) is 11.2. The number of alkyl halides is 6. The smallest absolute Gasteiger partial charge is 0.465 e. The highest BCUT2D eigenvalue weighted by Crippen LogP contribution is 2.48. The summed E-state index contributed by atoms with van der Waals surface area (Å²) in [7, 11) is 0. The Hall–Kier alpha value is -2.01. The predicted octanol–water partition coefficient (Wildman–Crippen LogP) is 1.91. The maximum absolute atomic E-state index is 12.4. The van der Waals surface area contributed by atoms with Crippen molar-refractivity contribution in [3.8, 4) is 0 Å². The first kappa shape index (κ1) is 19.3. The quantitative estimate of drug-likeness (QED) is 0.415. The van der Waals surface area contributed by atoms with Crippen LogP contribution in [0.4, 0.5) is 26.3 Å². The van der Waals surface area contributed by atoms with Gasteiger partial charge < -0.3 is 14.2 Å². The summed E-state index contributed by atoms with van der Waals surface area (Å²) in [4.78, 5) is 33.8. The van der Waals surface area contributed by atoms with Crippen molar-refractivity contribution < 1.29 is 54.9 Å². The molecule has 1 saturated carbocycles. The Balaban J connectivity index is 2.23. The lowest BCUT2D eigenvalue weighted by molar-refractivity contribution is -0.228. The van der Waals surface area contributed by atoms with Gasteiger partial charge in [0, 0.05) is 12.3 Å². The van der Waals surface area contributed by atoms with Crippen LogP contribution < -0.4 is 0 Å². The first-order valence-electron chi connectivity index (χ1n) is 6.98. The highest BCUT2D eigenvalue weighted by Gasteiger charge is 2.58. The van der Waals surface area contributed by atoms with E-state index in [1.165, 1.54) is 6.92 Å². The lowest BCUT2D eigenvalue weighted by Gasteiger charge is -2.40. The number of hydrogen-bond acceptors (Lipinski definition) is 6. The van der Waals surface area contributed by atoms with E-state index in [-0.39, 0.29) is 6.61 Å². The Kier molecular flexibility index (Phi) is 4.68. The molecule has 0 amide bonds. The number of rotatable bonds is 2. The standard InChI is InChI=1S/C13H12F6O6/c1-11-3-7(25-10(22)13(17,18)19)6(24-9(21)12(14,15)16)2-5(11)4-23-8(11)20/h5-7H,2-4H2,1H3/t5-,6+,7+,11-/m0/s1. The zero-order valence-electron chi connectivity index (χ0n) is 12.6. The first-order valence-corrected chi connectivity index (χ1v) is 6.98. The molecule has 0 unspecified atom stereocenters. The number of ether oxygens (including phenoxy) is 3. The van der Waals surface area contributed by atoms with Crippen LogP contribution >= 0.6 is 0 Å². The molecule has 142 valence electrons. The van der Waals surface area contributed by atoms with Gasteiger partial charge in [-0.15, -0.1) is 0 Å². The van der Waals surface area contributed by atoms with E-state index in [1.54, 1.807) is 0 Å². The summed E-state index contributed by atoms with van der Waals surface area (Å²) in [6, 6.07) is 0. The van der Waals surface area contributed by atoms with Gasteiger partial charge in [0.05, 0.1) is 12.0 Å². The highest BCUT2D eigenvalue weighted by atomic mass is 19.4. The topological polar surface area (TPSA) is 78.9 Å². The Morgan fingerprint density at radius 1 is 1.04 bits per heavy atom. The predicted molar refractivity (Wildman–Crippen MR) is 63.7 cm³/mol. The molecule has 1 aliphatic carbocycles. The van der Waals surface area contributed by atoms with E-state index in [1.807, 2.05) is 0 Å². The van der Waals surface area contributed by atoms with E-state index in [4.69, 9.17) is 4.74 Å². The average molecular weight is 378 g/mol. The minimum Gasteiger partial charge on any atom is -0.465 e. The highest BCUT2D eigenvalue weighted by molar-refractivity contribution is 5.80. The minimum atomic E-state index is -5.40. The molecule has 0 aromatic carbocycles. The summed E-state index contributed by atoms with van der Waals surface area (Å²) in [5, 5.41) is 0. The van der Waals surface area contributed by atoms with Crippen LogP contribution in [0.1, 0.15) is 19.8 Å². The lowest BCUT2D eigenvalue weighted by atomic mass is 9.67.